The van der Waals surface area contributed by atoms with Crippen LogP contribution in [0.1, 0.15) is 91.0 Å². The Bertz CT molecular complexity index is 1390. The van der Waals surface area contributed by atoms with Crippen molar-refractivity contribution in [3.05, 3.63) is 35.9 Å². The van der Waals surface area contributed by atoms with Crippen LogP contribution < -0.4 is 4.90 Å². The average Bonchev–Trinajstić information content (AvgIpc) is 3.52. The standard InChI is InChI=1S/C40H55Cl2NO5/c1-25-12-15-40(46-24-25)26(2)37-34(48-40)22-33-31-10-9-28-21-30(13-14-38(28,3)32(31)23-35(44)39(33,37)4)47-36(45)11-8-27-6-5-7-29(20-27)43(18-16-41)19-17-42/h5-8,11,20,25-26,28,30-34,37H,9-10,12-19,21-24H2,1-4H3/b11-8+/t25-,26+,28+,30+,31-,32+,33+,34+,37+,38+,39-,40-/m1/s1. The number of nitrogens with zero attached hydrogens (tertiary/aromatic N) is 1. The van der Waals surface area contributed by atoms with Crippen LogP contribution in [-0.4, -0.2) is 61.2 Å². The number of halogens is 2. The average molecular weight is 701 g/mol. The summed E-state index contributed by atoms with van der Waals surface area (Å²) in [5.41, 5.74) is 1.75. The van der Waals surface area contributed by atoms with Gasteiger partial charge < -0.3 is 19.1 Å². The van der Waals surface area contributed by atoms with Crippen molar-refractivity contribution in [2.24, 2.45) is 52.3 Å². The third-order valence-electron chi connectivity index (χ3n) is 14.4. The number of fused-ring (bicyclic) bond motifs is 7. The van der Waals surface area contributed by atoms with Crippen molar-refractivity contribution in [3.8, 4) is 0 Å². The highest BCUT2D eigenvalue weighted by Gasteiger charge is 2.71. The Labute approximate surface area is 297 Å². The first-order chi connectivity index (χ1) is 23.0. The van der Waals surface area contributed by atoms with Crippen LogP contribution in [0.25, 0.3) is 6.08 Å². The Morgan fingerprint density at radius 2 is 1.83 bits per heavy atom. The maximum atomic E-state index is 14.4. The number of benzene rings is 1. The van der Waals surface area contributed by atoms with Crippen LogP contribution in [0.15, 0.2) is 30.3 Å². The van der Waals surface area contributed by atoms with Gasteiger partial charge >= 0.3 is 5.97 Å². The van der Waals surface area contributed by atoms with E-state index in [-0.39, 0.29) is 40.8 Å². The van der Waals surface area contributed by atoms with Crippen LogP contribution in [-0.2, 0) is 23.8 Å². The summed E-state index contributed by atoms with van der Waals surface area (Å²) in [4.78, 5) is 29.6. The van der Waals surface area contributed by atoms with Crippen LogP contribution in [0.5, 0.6) is 0 Å². The summed E-state index contributed by atoms with van der Waals surface area (Å²) in [6, 6.07) is 8.06. The van der Waals surface area contributed by atoms with Gasteiger partial charge in [0.25, 0.3) is 0 Å². The molecule has 1 spiro atoms. The molecule has 2 heterocycles. The number of ketones is 1. The van der Waals surface area contributed by atoms with Crippen molar-refractivity contribution < 1.29 is 23.8 Å². The molecule has 1 aromatic carbocycles. The fourth-order valence-electron chi connectivity index (χ4n) is 11.8. The molecule has 48 heavy (non-hydrogen) atoms. The van der Waals surface area contributed by atoms with Crippen LogP contribution in [0.4, 0.5) is 5.69 Å². The number of carbonyl (C=O) groups is 2. The third kappa shape index (κ3) is 5.87. The van der Waals surface area contributed by atoms with Gasteiger partial charge in [0.1, 0.15) is 11.9 Å². The molecular formula is C40H55Cl2NO5. The molecule has 0 bridgehead atoms. The summed E-state index contributed by atoms with van der Waals surface area (Å²) >= 11 is 12.0. The highest BCUT2D eigenvalue weighted by atomic mass is 35.5. The Balaban J connectivity index is 0.986. The monoisotopic (exact) mass is 699 g/mol. The SMILES string of the molecule is C[C@@H]1CC[C@@]2(OC1)O[C@H]1C[C@H]3[C@@H]4CC[C@H]5C[C@@H](OC(=O)/C=C/c6cccc(N(CCCl)CCCl)c6)CC[C@]5(C)[C@H]4CC(=O)[C@]3(C)[C@H]1[C@@H]2C. The number of Topliss-reactive ketones (excluding diaryl/α,β-unsaturated/α-hetero) is 1. The molecule has 6 fully saturated rings. The molecule has 1 aromatic rings. The van der Waals surface area contributed by atoms with Crippen molar-refractivity contribution in [2.75, 3.05) is 36.4 Å². The Morgan fingerprint density at radius 3 is 2.56 bits per heavy atom. The van der Waals surface area contributed by atoms with Crippen LogP contribution in [0, 0.1) is 52.3 Å². The van der Waals surface area contributed by atoms with Gasteiger partial charge in [-0.2, -0.15) is 0 Å². The molecule has 2 aliphatic heterocycles. The van der Waals surface area contributed by atoms with E-state index in [1.54, 1.807) is 6.08 Å². The zero-order valence-corrected chi connectivity index (χ0v) is 30.8. The van der Waals surface area contributed by atoms with Gasteiger partial charge in [0.2, 0.25) is 0 Å². The summed E-state index contributed by atoms with van der Waals surface area (Å²) in [6.07, 6.45) is 12.2. The molecule has 0 unspecified atom stereocenters. The molecule has 4 saturated carbocycles. The van der Waals surface area contributed by atoms with Gasteiger partial charge in [0, 0.05) is 66.7 Å². The number of esters is 1. The molecule has 6 aliphatic rings. The van der Waals surface area contributed by atoms with E-state index in [0.29, 0.717) is 66.6 Å². The molecule has 2 saturated heterocycles. The molecule has 6 nitrogen and oxygen atoms in total. The first-order valence-corrected chi connectivity index (χ1v) is 19.8. The van der Waals surface area contributed by atoms with E-state index in [2.05, 4.69) is 38.7 Å². The lowest BCUT2D eigenvalue weighted by molar-refractivity contribution is -0.272. The van der Waals surface area contributed by atoms with Gasteiger partial charge in [-0.15, -0.1) is 23.2 Å². The molecule has 0 aromatic heterocycles. The van der Waals surface area contributed by atoms with E-state index in [9.17, 15) is 9.59 Å². The second-order valence-corrected chi connectivity index (χ2v) is 17.4. The van der Waals surface area contributed by atoms with Crippen LogP contribution in [0.3, 0.4) is 0 Å². The summed E-state index contributed by atoms with van der Waals surface area (Å²) in [7, 11) is 0. The molecule has 7 rings (SSSR count). The van der Waals surface area contributed by atoms with E-state index in [1.807, 2.05) is 24.3 Å². The van der Waals surface area contributed by atoms with Gasteiger partial charge in [-0.05, 0) is 104 Å². The second kappa shape index (κ2) is 13.5. The van der Waals surface area contributed by atoms with E-state index in [0.717, 1.165) is 69.2 Å². The van der Waals surface area contributed by atoms with Gasteiger partial charge in [-0.3, -0.25) is 4.79 Å². The van der Waals surface area contributed by atoms with Crippen molar-refractivity contribution in [3.63, 3.8) is 0 Å². The maximum absolute atomic E-state index is 14.4. The Kier molecular flexibility index (Phi) is 9.80. The van der Waals surface area contributed by atoms with Crippen molar-refractivity contribution >= 4 is 46.7 Å². The molecule has 0 amide bonds. The normalized spacial score (nSPS) is 43.5. The van der Waals surface area contributed by atoms with Gasteiger partial charge in [0.15, 0.2) is 5.79 Å². The van der Waals surface area contributed by atoms with Gasteiger partial charge in [-0.1, -0.05) is 39.8 Å². The van der Waals surface area contributed by atoms with Crippen molar-refractivity contribution in [2.45, 2.75) is 103 Å². The molecule has 4 aliphatic carbocycles. The minimum absolute atomic E-state index is 0.0786. The minimum Gasteiger partial charge on any atom is -0.459 e. The van der Waals surface area contributed by atoms with E-state index in [4.69, 9.17) is 37.4 Å². The molecule has 0 N–H and O–H groups in total. The summed E-state index contributed by atoms with van der Waals surface area (Å²) in [5, 5.41) is 0. The lowest BCUT2D eigenvalue weighted by Crippen LogP contribution is -2.58. The van der Waals surface area contributed by atoms with Crippen LogP contribution in [0.2, 0.25) is 0 Å². The van der Waals surface area contributed by atoms with Crippen LogP contribution >= 0.6 is 23.2 Å². The van der Waals surface area contributed by atoms with E-state index >= 15 is 0 Å². The predicted molar refractivity (Wildman–Crippen MR) is 191 cm³/mol. The molecular weight excluding hydrogens is 645 g/mol. The third-order valence-corrected chi connectivity index (χ3v) is 14.7. The quantitative estimate of drug-likeness (QED) is 0.154. The fraction of sp³-hybridized carbons (Fsp3) is 0.750. The molecule has 264 valence electrons. The zero-order chi connectivity index (χ0) is 33.8. The topological polar surface area (TPSA) is 65.1 Å². The van der Waals surface area contributed by atoms with Crippen molar-refractivity contribution in [1.82, 2.24) is 0 Å². The maximum Gasteiger partial charge on any atom is 0.331 e. The smallest absolute Gasteiger partial charge is 0.331 e. The van der Waals surface area contributed by atoms with Gasteiger partial charge in [0.05, 0.1) is 12.7 Å². The first-order valence-electron chi connectivity index (χ1n) is 18.7. The number of anilines is 1. The van der Waals surface area contributed by atoms with E-state index < -0.39 is 5.79 Å². The number of ether oxygens (including phenoxy) is 3. The minimum atomic E-state index is -0.499. The fourth-order valence-corrected chi connectivity index (χ4v) is 12.2. The summed E-state index contributed by atoms with van der Waals surface area (Å²) in [6.45, 7) is 11.5. The Hall–Kier alpha value is -1.60. The van der Waals surface area contributed by atoms with Crippen molar-refractivity contribution in [1.29, 1.82) is 0 Å². The van der Waals surface area contributed by atoms with E-state index in [1.165, 1.54) is 0 Å². The molecule has 0 radical (unpaired) electrons. The molecule has 12 atom stereocenters. The summed E-state index contributed by atoms with van der Waals surface area (Å²) < 4.78 is 19.4. The zero-order valence-electron chi connectivity index (χ0n) is 29.3. The second-order valence-electron chi connectivity index (χ2n) is 16.7. The molecule has 8 heteroatoms. The number of rotatable bonds is 8. The highest BCUT2D eigenvalue weighted by Crippen LogP contribution is 2.70. The number of alkyl halides is 2. The first kappa shape index (κ1) is 34.8. The number of hydrogen-bond donors (Lipinski definition) is 0. The van der Waals surface area contributed by atoms with Gasteiger partial charge in [-0.25, -0.2) is 4.79 Å². The summed E-state index contributed by atoms with van der Waals surface area (Å²) in [5.74, 6) is 3.59. The number of carbonyl (C=O) groups excluding carboxylic acids is 2. The number of hydrogen-bond acceptors (Lipinski definition) is 6. The lowest BCUT2D eigenvalue weighted by Gasteiger charge is -2.60. The Morgan fingerprint density at radius 1 is 1.04 bits per heavy atom. The predicted octanol–water partition coefficient (Wildman–Crippen LogP) is 8.52. The lowest BCUT2D eigenvalue weighted by atomic mass is 9.44. The largest absolute Gasteiger partial charge is 0.459 e. The highest BCUT2D eigenvalue weighted by molar-refractivity contribution is 6.18.